The maximum Gasteiger partial charge on any atom is 0.0943 e. The average molecular weight is 230 g/mol. The van der Waals surface area contributed by atoms with Gasteiger partial charge in [0.25, 0.3) is 0 Å². The van der Waals surface area contributed by atoms with Gasteiger partial charge in [-0.05, 0) is 19.7 Å². The molecule has 0 saturated heterocycles. The van der Waals surface area contributed by atoms with Crippen molar-refractivity contribution in [2.75, 3.05) is 18.6 Å². The van der Waals surface area contributed by atoms with Crippen LogP contribution in [0.3, 0.4) is 0 Å². The molecule has 80 valence electrons. The molecule has 0 aromatic carbocycles. The van der Waals surface area contributed by atoms with Gasteiger partial charge in [-0.15, -0.1) is 11.3 Å². The highest BCUT2D eigenvalue weighted by Gasteiger charge is 2.09. The topological polar surface area (TPSA) is 24.9 Å². The SMILES string of the molecule is CCSCC(Cc1nc(C)cs1)NC. The van der Waals surface area contributed by atoms with Crippen LogP contribution in [-0.2, 0) is 6.42 Å². The molecule has 0 saturated carbocycles. The van der Waals surface area contributed by atoms with Crippen molar-refractivity contribution in [2.24, 2.45) is 0 Å². The van der Waals surface area contributed by atoms with Crippen LogP contribution in [0.5, 0.6) is 0 Å². The summed E-state index contributed by atoms with van der Waals surface area (Å²) in [5.74, 6) is 2.36. The molecule has 0 amide bonds. The van der Waals surface area contributed by atoms with E-state index in [4.69, 9.17) is 0 Å². The molecule has 1 unspecified atom stereocenters. The van der Waals surface area contributed by atoms with E-state index in [0.717, 1.165) is 12.1 Å². The normalized spacial score (nSPS) is 13.1. The van der Waals surface area contributed by atoms with Gasteiger partial charge in [0.1, 0.15) is 0 Å². The molecule has 14 heavy (non-hydrogen) atoms. The molecule has 1 atom stereocenters. The highest BCUT2D eigenvalue weighted by Crippen LogP contribution is 2.13. The fraction of sp³-hybridized carbons (Fsp3) is 0.700. The third kappa shape index (κ3) is 3.98. The zero-order valence-electron chi connectivity index (χ0n) is 9.04. The summed E-state index contributed by atoms with van der Waals surface area (Å²) in [4.78, 5) is 4.48. The van der Waals surface area contributed by atoms with E-state index in [-0.39, 0.29) is 0 Å². The standard InChI is InChI=1S/C10H18N2S2/c1-4-13-7-9(11-3)5-10-12-8(2)6-14-10/h6,9,11H,4-5,7H2,1-3H3. The fourth-order valence-corrected chi connectivity index (χ4v) is 2.87. The first kappa shape index (κ1) is 12.0. The minimum absolute atomic E-state index is 0.561. The van der Waals surface area contributed by atoms with Crippen molar-refractivity contribution in [3.05, 3.63) is 16.1 Å². The summed E-state index contributed by atoms with van der Waals surface area (Å²) in [7, 11) is 2.03. The molecule has 2 nitrogen and oxygen atoms in total. The Hall–Kier alpha value is -0.0600. The van der Waals surface area contributed by atoms with E-state index in [1.165, 1.54) is 16.5 Å². The highest BCUT2D eigenvalue weighted by molar-refractivity contribution is 7.99. The van der Waals surface area contributed by atoms with Crippen molar-refractivity contribution in [3.8, 4) is 0 Å². The van der Waals surface area contributed by atoms with Crippen LogP contribution in [0.1, 0.15) is 17.6 Å². The number of thiazole rings is 1. The minimum Gasteiger partial charge on any atom is -0.316 e. The lowest BCUT2D eigenvalue weighted by molar-refractivity contribution is 0.615. The van der Waals surface area contributed by atoms with E-state index in [9.17, 15) is 0 Å². The Kier molecular flexibility index (Phi) is 5.52. The lowest BCUT2D eigenvalue weighted by atomic mass is 10.2. The van der Waals surface area contributed by atoms with Crippen LogP contribution in [0.25, 0.3) is 0 Å². The van der Waals surface area contributed by atoms with Crippen molar-refractivity contribution < 1.29 is 0 Å². The molecule has 0 aliphatic rings. The first-order chi connectivity index (χ1) is 6.76. The maximum absolute atomic E-state index is 4.48. The van der Waals surface area contributed by atoms with Crippen LogP contribution in [-0.4, -0.2) is 29.6 Å². The van der Waals surface area contributed by atoms with Crippen molar-refractivity contribution in [1.82, 2.24) is 10.3 Å². The predicted molar refractivity (Wildman–Crippen MR) is 66.4 cm³/mol. The van der Waals surface area contributed by atoms with E-state index in [0.29, 0.717) is 6.04 Å². The quantitative estimate of drug-likeness (QED) is 0.812. The second kappa shape index (κ2) is 6.43. The molecule has 1 aromatic rings. The van der Waals surface area contributed by atoms with Crippen molar-refractivity contribution in [1.29, 1.82) is 0 Å². The summed E-state index contributed by atoms with van der Waals surface area (Å²) in [5, 5.41) is 6.71. The van der Waals surface area contributed by atoms with Crippen LogP contribution in [0.2, 0.25) is 0 Å². The Bertz CT molecular complexity index is 260. The summed E-state index contributed by atoms with van der Waals surface area (Å²) in [6, 6.07) is 0.561. The van der Waals surface area contributed by atoms with Crippen molar-refractivity contribution in [2.45, 2.75) is 26.3 Å². The fourth-order valence-electron chi connectivity index (χ4n) is 1.21. The van der Waals surface area contributed by atoms with E-state index < -0.39 is 0 Å². The third-order valence-electron chi connectivity index (χ3n) is 2.02. The van der Waals surface area contributed by atoms with Gasteiger partial charge >= 0.3 is 0 Å². The van der Waals surface area contributed by atoms with Gasteiger partial charge in [0.2, 0.25) is 0 Å². The highest BCUT2D eigenvalue weighted by atomic mass is 32.2. The Labute approximate surface area is 94.5 Å². The molecule has 4 heteroatoms. The summed E-state index contributed by atoms with van der Waals surface area (Å²) in [6.07, 6.45) is 1.06. The van der Waals surface area contributed by atoms with Gasteiger partial charge in [-0.1, -0.05) is 6.92 Å². The first-order valence-corrected chi connectivity index (χ1v) is 6.95. The Balaban J connectivity index is 2.40. The number of aromatic nitrogens is 1. The number of hydrogen-bond acceptors (Lipinski definition) is 4. The largest absolute Gasteiger partial charge is 0.316 e. The predicted octanol–water partition coefficient (Wildman–Crippen LogP) is 2.34. The smallest absolute Gasteiger partial charge is 0.0943 e. The van der Waals surface area contributed by atoms with Gasteiger partial charge in [0.05, 0.1) is 5.01 Å². The zero-order chi connectivity index (χ0) is 10.4. The molecule has 0 spiro atoms. The maximum atomic E-state index is 4.48. The number of thioether (sulfide) groups is 1. The van der Waals surface area contributed by atoms with Crippen LogP contribution < -0.4 is 5.32 Å². The van der Waals surface area contributed by atoms with E-state index in [1.54, 1.807) is 11.3 Å². The summed E-state index contributed by atoms with van der Waals surface area (Å²) >= 11 is 3.75. The minimum atomic E-state index is 0.561. The summed E-state index contributed by atoms with van der Waals surface area (Å²) in [5.41, 5.74) is 1.14. The molecule has 0 bridgehead atoms. The number of nitrogens with zero attached hydrogens (tertiary/aromatic N) is 1. The van der Waals surface area contributed by atoms with Gasteiger partial charge in [-0.25, -0.2) is 4.98 Å². The monoisotopic (exact) mass is 230 g/mol. The van der Waals surface area contributed by atoms with Gasteiger partial charge < -0.3 is 5.32 Å². The molecule has 1 N–H and O–H groups in total. The molecule has 1 heterocycles. The van der Waals surface area contributed by atoms with Gasteiger partial charge in [0.15, 0.2) is 0 Å². The molecule has 0 aliphatic carbocycles. The average Bonchev–Trinajstić information content (AvgIpc) is 2.58. The Morgan fingerprint density at radius 2 is 2.43 bits per heavy atom. The number of nitrogens with one attached hydrogen (secondary N) is 1. The Morgan fingerprint density at radius 3 is 2.93 bits per heavy atom. The van der Waals surface area contributed by atoms with E-state index in [2.05, 4.69) is 29.5 Å². The summed E-state index contributed by atoms with van der Waals surface area (Å²) < 4.78 is 0. The van der Waals surface area contributed by atoms with Crippen LogP contribution >= 0.6 is 23.1 Å². The summed E-state index contributed by atoms with van der Waals surface area (Å²) in [6.45, 7) is 4.25. The first-order valence-electron chi connectivity index (χ1n) is 4.92. The second-order valence-electron chi connectivity index (χ2n) is 3.23. The molecule has 1 aromatic heterocycles. The molecular weight excluding hydrogens is 212 g/mol. The van der Waals surface area contributed by atoms with Gasteiger partial charge in [-0.2, -0.15) is 11.8 Å². The van der Waals surface area contributed by atoms with Gasteiger partial charge in [0, 0.05) is 29.3 Å². The zero-order valence-corrected chi connectivity index (χ0v) is 10.7. The van der Waals surface area contributed by atoms with E-state index >= 15 is 0 Å². The van der Waals surface area contributed by atoms with E-state index in [1.807, 2.05) is 18.8 Å². The number of likely N-dealkylation sites (N-methyl/N-ethyl adjacent to an activating group) is 1. The lowest BCUT2D eigenvalue weighted by Crippen LogP contribution is -2.30. The molecule has 0 aliphatic heterocycles. The molecule has 0 fully saturated rings. The number of aryl methyl sites for hydroxylation is 1. The third-order valence-corrected chi connectivity index (χ3v) is 4.05. The number of hydrogen-bond donors (Lipinski definition) is 1. The molecule has 1 rings (SSSR count). The van der Waals surface area contributed by atoms with Crippen molar-refractivity contribution in [3.63, 3.8) is 0 Å². The van der Waals surface area contributed by atoms with Gasteiger partial charge in [-0.3, -0.25) is 0 Å². The second-order valence-corrected chi connectivity index (χ2v) is 5.49. The Morgan fingerprint density at radius 1 is 1.64 bits per heavy atom. The van der Waals surface area contributed by atoms with Crippen LogP contribution in [0.4, 0.5) is 0 Å². The van der Waals surface area contributed by atoms with Crippen LogP contribution in [0.15, 0.2) is 5.38 Å². The van der Waals surface area contributed by atoms with Crippen LogP contribution in [0, 0.1) is 6.92 Å². The molecule has 0 radical (unpaired) electrons. The lowest BCUT2D eigenvalue weighted by Gasteiger charge is -2.13. The van der Waals surface area contributed by atoms with Crippen molar-refractivity contribution >= 4 is 23.1 Å². The number of rotatable bonds is 6. The molecular formula is C10H18N2S2.